The van der Waals surface area contributed by atoms with Crippen LogP contribution in [0.15, 0.2) is 36.4 Å². The monoisotopic (exact) mass is 374 g/mol. The number of carbonyl (C=O) groups is 2. The predicted octanol–water partition coefficient (Wildman–Crippen LogP) is 2.85. The molecule has 0 aliphatic carbocycles. The Balaban J connectivity index is 1.90. The molecule has 136 valence electrons. The van der Waals surface area contributed by atoms with Crippen molar-refractivity contribution < 1.29 is 14.3 Å². The van der Waals surface area contributed by atoms with Crippen LogP contribution >= 0.6 is 11.6 Å². The van der Waals surface area contributed by atoms with E-state index in [0.717, 1.165) is 0 Å². The maximum Gasteiger partial charge on any atom is 0.270 e. The number of nitrogen functional groups attached to an aromatic ring is 1. The normalized spacial score (nSPS) is 17.3. The molecule has 26 heavy (non-hydrogen) atoms. The summed E-state index contributed by atoms with van der Waals surface area (Å²) in [7, 11) is 0. The number of amides is 2. The summed E-state index contributed by atoms with van der Waals surface area (Å²) in [5.74, 6) is 0.241. The van der Waals surface area contributed by atoms with Crippen LogP contribution in [0.25, 0.3) is 0 Å². The summed E-state index contributed by atoms with van der Waals surface area (Å²) in [6.45, 7) is 3.48. The number of hydrogen-bond acceptors (Lipinski definition) is 5. The van der Waals surface area contributed by atoms with Gasteiger partial charge in [-0.2, -0.15) is 0 Å². The van der Waals surface area contributed by atoms with E-state index in [9.17, 15) is 9.59 Å². The van der Waals surface area contributed by atoms with Crippen molar-refractivity contribution in [2.45, 2.75) is 32.4 Å². The average Bonchev–Trinajstić information content (AvgIpc) is 2.62. The minimum absolute atomic E-state index is 0.241. The molecule has 1 aliphatic rings. The van der Waals surface area contributed by atoms with Crippen molar-refractivity contribution in [2.24, 2.45) is 0 Å². The van der Waals surface area contributed by atoms with Gasteiger partial charge in [-0.25, -0.2) is 4.98 Å². The Bertz CT molecular complexity index is 841. The lowest BCUT2D eigenvalue weighted by Gasteiger charge is -2.36. The Morgan fingerprint density at radius 3 is 2.69 bits per heavy atom. The summed E-state index contributed by atoms with van der Waals surface area (Å²) in [6, 6.07) is 9.17. The zero-order valence-corrected chi connectivity index (χ0v) is 15.2. The largest absolute Gasteiger partial charge is 0.477 e. The van der Waals surface area contributed by atoms with E-state index in [2.05, 4.69) is 10.3 Å². The fraction of sp³-hybridized carbons (Fsp3) is 0.278. The molecule has 0 saturated carbocycles. The highest BCUT2D eigenvalue weighted by molar-refractivity contribution is 6.30. The third kappa shape index (κ3) is 3.43. The highest BCUT2D eigenvalue weighted by atomic mass is 35.5. The molecule has 2 aromatic rings. The summed E-state index contributed by atoms with van der Waals surface area (Å²) >= 11 is 5.86. The van der Waals surface area contributed by atoms with Gasteiger partial charge in [-0.3, -0.25) is 14.5 Å². The summed E-state index contributed by atoms with van der Waals surface area (Å²) in [4.78, 5) is 31.0. The number of ether oxygens (including phenoxy) is 1. The van der Waals surface area contributed by atoms with Crippen molar-refractivity contribution in [3.63, 3.8) is 0 Å². The molecule has 8 heteroatoms. The first-order chi connectivity index (χ1) is 12.4. The van der Waals surface area contributed by atoms with E-state index in [1.807, 2.05) is 6.92 Å². The third-order valence-electron chi connectivity index (χ3n) is 4.12. The second-order valence-electron chi connectivity index (χ2n) is 5.95. The minimum Gasteiger partial charge on any atom is -0.477 e. The van der Waals surface area contributed by atoms with Crippen molar-refractivity contribution in [3.8, 4) is 5.75 Å². The van der Waals surface area contributed by atoms with E-state index < -0.39 is 12.1 Å². The molecule has 3 rings (SSSR count). The summed E-state index contributed by atoms with van der Waals surface area (Å²) in [5, 5.41) is 3.34. The maximum absolute atomic E-state index is 12.8. The second kappa shape index (κ2) is 7.21. The van der Waals surface area contributed by atoms with Gasteiger partial charge < -0.3 is 15.8 Å². The van der Waals surface area contributed by atoms with Crippen LogP contribution in [-0.4, -0.2) is 28.9 Å². The van der Waals surface area contributed by atoms with Crippen molar-refractivity contribution in [3.05, 3.63) is 41.4 Å². The van der Waals surface area contributed by atoms with Crippen molar-refractivity contribution >= 4 is 40.7 Å². The number of anilines is 3. The number of aromatic nitrogens is 1. The first-order valence-electron chi connectivity index (χ1n) is 8.23. The Kier molecular flexibility index (Phi) is 4.99. The number of pyridine rings is 1. The number of benzene rings is 1. The molecule has 0 fully saturated rings. The van der Waals surface area contributed by atoms with Crippen LogP contribution in [0.2, 0.25) is 5.02 Å². The molecule has 2 amide bonds. The first-order valence-corrected chi connectivity index (χ1v) is 8.61. The van der Waals surface area contributed by atoms with Crippen LogP contribution in [0.5, 0.6) is 5.75 Å². The number of carbonyl (C=O) groups excluding carboxylic acids is 2. The smallest absolute Gasteiger partial charge is 0.270 e. The molecule has 2 atom stereocenters. The number of halogens is 1. The highest BCUT2D eigenvalue weighted by Crippen LogP contribution is 2.35. The van der Waals surface area contributed by atoms with Gasteiger partial charge in [0, 0.05) is 10.7 Å². The van der Waals surface area contributed by atoms with Crippen LogP contribution in [-0.2, 0) is 9.59 Å². The fourth-order valence-electron chi connectivity index (χ4n) is 2.71. The molecule has 0 radical (unpaired) electrons. The van der Waals surface area contributed by atoms with Crippen molar-refractivity contribution in [1.82, 2.24) is 4.98 Å². The minimum atomic E-state index is -0.802. The molecule has 0 spiro atoms. The molecule has 2 unspecified atom stereocenters. The lowest BCUT2D eigenvalue weighted by atomic mass is 10.1. The van der Waals surface area contributed by atoms with Gasteiger partial charge >= 0.3 is 0 Å². The zero-order chi connectivity index (χ0) is 18.8. The molecular weight excluding hydrogens is 356 g/mol. The number of fused-ring (bicyclic) bond motifs is 1. The molecular formula is C18H19ClN4O3. The van der Waals surface area contributed by atoms with Gasteiger partial charge in [0.2, 0.25) is 5.91 Å². The van der Waals surface area contributed by atoms with E-state index in [1.165, 1.54) is 4.90 Å². The summed E-state index contributed by atoms with van der Waals surface area (Å²) < 4.78 is 5.68. The van der Waals surface area contributed by atoms with Crippen LogP contribution < -0.4 is 20.7 Å². The summed E-state index contributed by atoms with van der Waals surface area (Å²) in [6.07, 6.45) is -0.191. The number of hydrogen-bond donors (Lipinski definition) is 2. The Morgan fingerprint density at radius 1 is 1.35 bits per heavy atom. The average molecular weight is 375 g/mol. The Labute approximate surface area is 156 Å². The van der Waals surface area contributed by atoms with Crippen molar-refractivity contribution in [2.75, 3.05) is 16.0 Å². The van der Waals surface area contributed by atoms with E-state index in [1.54, 1.807) is 43.3 Å². The first kappa shape index (κ1) is 18.0. The van der Waals surface area contributed by atoms with Crippen LogP contribution in [0.4, 0.5) is 17.3 Å². The van der Waals surface area contributed by atoms with Gasteiger partial charge in [0.25, 0.3) is 5.91 Å². The molecule has 1 aliphatic heterocycles. The molecule has 0 bridgehead atoms. The van der Waals surface area contributed by atoms with Crippen LogP contribution in [0.1, 0.15) is 20.3 Å². The molecule has 1 aromatic carbocycles. The van der Waals surface area contributed by atoms with Gasteiger partial charge in [0.1, 0.15) is 11.9 Å². The van der Waals surface area contributed by atoms with Gasteiger partial charge in [-0.05, 0) is 49.7 Å². The van der Waals surface area contributed by atoms with Gasteiger partial charge in [0.15, 0.2) is 17.7 Å². The maximum atomic E-state index is 12.8. The number of rotatable bonds is 4. The quantitative estimate of drug-likeness (QED) is 0.857. The van der Waals surface area contributed by atoms with E-state index in [4.69, 9.17) is 22.1 Å². The van der Waals surface area contributed by atoms with Gasteiger partial charge in [-0.1, -0.05) is 18.5 Å². The zero-order valence-electron chi connectivity index (χ0n) is 14.4. The highest BCUT2D eigenvalue weighted by Gasteiger charge is 2.39. The van der Waals surface area contributed by atoms with E-state index in [-0.39, 0.29) is 23.5 Å². The Morgan fingerprint density at radius 2 is 2.04 bits per heavy atom. The Hall–Kier alpha value is -2.80. The standard InChI is InChI=1S/C18H19ClN4O3/c1-3-13-18(25)23(16-14(26-13)8-9-15(20)22-16)10(2)17(24)21-12-6-4-11(19)5-7-12/h4-10,13H,3H2,1-2H3,(H2,20,22)(H,21,24). The molecule has 2 heterocycles. The number of nitrogens with one attached hydrogen (secondary N) is 1. The van der Waals surface area contributed by atoms with Crippen LogP contribution in [0, 0.1) is 0 Å². The lowest BCUT2D eigenvalue weighted by Crippen LogP contribution is -2.53. The number of nitrogens with zero attached hydrogens (tertiary/aromatic N) is 2. The van der Waals surface area contributed by atoms with Crippen molar-refractivity contribution in [1.29, 1.82) is 0 Å². The van der Waals surface area contributed by atoms with Gasteiger partial charge in [0.05, 0.1) is 0 Å². The molecule has 3 N–H and O–H groups in total. The van der Waals surface area contributed by atoms with E-state index >= 15 is 0 Å². The van der Waals surface area contributed by atoms with E-state index in [0.29, 0.717) is 22.9 Å². The van der Waals surface area contributed by atoms with Gasteiger partial charge in [-0.15, -0.1) is 0 Å². The fourth-order valence-corrected chi connectivity index (χ4v) is 2.83. The van der Waals surface area contributed by atoms with Crippen LogP contribution in [0.3, 0.4) is 0 Å². The predicted molar refractivity (Wildman–Crippen MR) is 100 cm³/mol. The third-order valence-corrected chi connectivity index (χ3v) is 4.37. The second-order valence-corrected chi connectivity index (χ2v) is 6.39. The molecule has 7 nitrogen and oxygen atoms in total. The molecule has 1 aromatic heterocycles. The lowest BCUT2D eigenvalue weighted by molar-refractivity contribution is -0.129. The number of nitrogens with two attached hydrogens (primary N) is 1. The molecule has 0 saturated heterocycles. The topological polar surface area (TPSA) is 97.6 Å². The SMILES string of the molecule is CCC1Oc2ccc(N)nc2N(C(C)C(=O)Nc2ccc(Cl)cc2)C1=O. The summed E-state index contributed by atoms with van der Waals surface area (Å²) in [5.41, 5.74) is 6.34.